The highest BCUT2D eigenvalue weighted by Crippen LogP contribution is 2.15. The van der Waals surface area contributed by atoms with E-state index in [0.29, 0.717) is 11.9 Å². The molecule has 2 aromatic rings. The molecule has 5 nitrogen and oxygen atoms in total. The van der Waals surface area contributed by atoms with Crippen LogP contribution in [0.1, 0.15) is 10.5 Å². The van der Waals surface area contributed by atoms with Gasteiger partial charge in [-0.05, 0) is 12.1 Å². The summed E-state index contributed by atoms with van der Waals surface area (Å²) in [5.74, 6) is -1.79. The highest BCUT2D eigenvalue weighted by atomic mass is 19.1. The van der Waals surface area contributed by atoms with Crippen LogP contribution in [0, 0.1) is 11.6 Å². The molecule has 2 rings (SSSR count). The number of carbonyl (C=O) groups excluding carboxylic acids is 1. The number of carbonyl (C=O) groups is 1. The van der Waals surface area contributed by atoms with E-state index in [4.69, 9.17) is 0 Å². The van der Waals surface area contributed by atoms with E-state index in [0.717, 1.165) is 12.1 Å². The zero-order valence-corrected chi connectivity index (χ0v) is 9.95. The maximum atomic E-state index is 13.4. The second-order valence-corrected chi connectivity index (χ2v) is 3.62. The number of aromatic nitrogens is 2. The first kappa shape index (κ1) is 12.9. The fourth-order valence-corrected chi connectivity index (χ4v) is 1.37. The molecule has 1 heterocycles. The zero-order valence-electron chi connectivity index (χ0n) is 9.95. The zero-order chi connectivity index (χ0) is 13.8. The maximum Gasteiger partial charge on any atom is 0.276 e. The van der Waals surface area contributed by atoms with Crippen molar-refractivity contribution in [3.8, 4) is 0 Å². The molecule has 0 aliphatic heterocycles. The van der Waals surface area contributed by atoms with E-state index >= 15 is 0 Å². The van der Waals surface area contributed by atoms with Crippen LogP contribution in [0.15, 0.2) is 30.6 Å². The molecule has 7 heteroatoms. The van der Waals surface area contributed by atoms with E-state index < -0.39 is 17.5 Å². The Bertz CT molecular complexity index is 618. The van der Waals surface area contributed by atoms with E-state index in [2.05, 4.69) is 20.6 Å². The second kappa shape index (κ2) is 5.38. The fraction of sp³-hybridized carbons (Fsp3) is 0.0833. The van der Waals surface area contributed by atoms with Gasteiger partial charge in [-0.2, -0.15) is 0 Å². The van der Waals surface area contributed by atoms with Crippen molar-refractivity contribution in [3.63, 3.8) is 0 Å². The molecule has 98 valence electrons. The third-order valence-electron chi connectivity index (χ3n) is 2.30. The number of rotatable bonds is 3. The first-order chi connectivity index (χ1) is 9.10. The Morgan fingerprint density at radius 2 is 2.05 bits per heavy atom. The molecule has 1 aromatic heterocycles. The van der Waals surface area contributed by atoms with Gasteiger partial charge in [0.25, 0.3) is 5.91 Å². The first-order valence-corrected chi connectivity index (χ1v) is 5.36. The molecule has 0 aliphatic rings. The van der Waals surface area contributed by atoms with Crippen molar-refractivity contribution in [1.82, 2.24) is 9.97 Å². The summed E-state index contributed by atoms with van der Waals surface area (Å²) in [6.45, 7) is 0. The van der Waals surface area contributed by atoms with Crippen LogP contribution in [0.25, 0.3) is 0 Å². The van der Waals surface area contributed by atoms with Crippen LogP contribution in [0.5, 0.6) is 0 Å². The molecule has 0 fully saturated rings. The molecule has 0 saturated heterocycles. The van der Waals surface area contributed by atoms with E-state index in [-0.39, 0.29) is 11.4 Å². The average molecular weight is 264 g/mol. The van der Waals surface area contributed by atoms with E-state index in [1.54, 1.807) is 7.05 Å². The summed E-state index contributed by atoms with van der Waals surface area (Å²) in [5.41, 5.74) is -0.0985. The molecule has 0 spiro atoms. The van der Waals surface area contributed by atoms with E-state index in [1.807, 2.05) is 0 Å². The van der Waals surface area contributed by atoms with Gasteiger partial charge in [-0.15, -0.1) is 0 Å². The summed E-state index contributed by atoms with van der Waals surface area (Å²) in [4.78, 5) is 19.6. The predicted octanol–water partition coefficient (Wildman–Crippen LogP) is 2.05. The molecule has 0 bridgehead atoms. The lowest BCUT2D eigenvalue weighted by atomic mass is 10.3. The lowest BCUT2D eigenvalue weighted by Gasteiger charge is -2.06. The number of hydrogen-bond donors (Lipinski definition) is 2. The molecule has 1 amide bonds. The van der Waals surface area contributed by atoms with Gasteiger partial charge in [0.1, 0.15) is 23.1 Å². The van der Waals surface area contributed by atoms with Gasteiger partial charge >= 0.3 is 0 Å². The number of nitrogens with zero attached hydrogens (tertiary/aromatic N) is 2. The van der Waals surface area contributed by atoms with Crippen molar-refractivity contribution in [3.05, 3.63) is 47.9 Å². The van der Waals surface area contributed by atoms with Gasteiger partial charge in [-0.1, -0.05) is 0 Å². The largest absolute Gasteiger partial charge is 0.372 e. The summed E-state index contributed by atoms with van der Waals surface area (Å²) < 4.78 is 26.1. The third-order valence-corrected chi connectivity index (χ3v) is 2.30. The quantitative estimate of drug-likeness (QED) is 0.890. The molecule has 1 aromatic carbocycles. The summed E-state index contributed by atoms with van der Waals surface area (Å²) in [6.07, 6.45) is 2.69. The summed E-state index contributed by atoms with van der Waals surface area (Å²) >= 11 is 0. The van der Waals surface area contributed by atoms with Gasteiger partial charge in [0, 0.05) is 13.1 Å². The third kappa shape index (κ3) is 3.01. The van der Waals surface area contributed by atoms with Gasteiger partial charge < -0.3 is 10.6 Å². The van der Waals surface area contributed by atoms with Crippen LogP contribution >= 0.6 is 0 Å². The molecule has 0 atom stereocenters. The molecule has 0 aliphatic carbocycles. The molecule has 0 unspecified atom stereocenters. The highest BCUT2D eigenvalue weighted by molar-refractivity contribution is 6.02. The highest BCUT2D eigenvalue weighted by Gasteiger charge is 2.12. The minimum Gasteiger partial charge on any atom is -0.372 e. The van der Waals surface area contributed by atoms with Crippen molar-refractivity contribution in [2.24, 2.45) is 0 Å². The van der Waals surface area contributed by atoms with Crippen LogP contribution in [0.4, 0.5) is 20.3 Å². The van der Waals surface area contributed by atoms with Gasteiger partial charge in [-0.3, -0.25) is 9.78 Å². The lowest BCUT2D eigenvalue weighted by Crippen LogP contribution is -2.15. The van der Waals surface area contributed by atoms with Crippen LogP contribution in [0.3, 0.4) is 0 Å². The molecular weight excluding hydrogens is 254 g/mol. The fourth-order valence-electron chi connectivity index (χ4n) is 1.37. The van der Waals surface area contributed by atoms with Crippen molar-refractivity contribution in [1.29, 1.82) is 0 Å². The minimum atomic E-state index is -0.855. The van der Waals surface area contributed by atoms with E-state index in [1.165, 1.54) is 12.4 Å². The Morgan fingerprint density at radius 1 is 1.26 bits per heavy atom. The summed E-state index contributed by atoms with van der Waals surface area (Å²) in [5, 5.41) is 5.02. The minimum absolute atomic E-state index is 0.0237. The number of amides is 1. The second-order valence-electron chi connectivity index (χ2n) is 3.62. The van der Waals surface area contributed by atoms with Crippen LogP contribution in [-0.2, 0) is 0 Å². The van der Waals surface area contributed by atoms with Crippen molar-refractivity contribution >= 4 is 17.4 Å². The number of hydrogen-bond acceptors (Lipinski definition) is 4. The number of anilines is 2. The normalized spacial score (nSPS) is 10.1. The van der Waals surface area contributed by atoms with E-state index in [9.17, 15) is 13.6 Å². The summed E-state index contributed by atoms with van der Waals surface area (Å²) in [7, 11) is 1.63. The Kier molecular flexibility index (Phi) is 3.65. The van der Waals surface area contributed by atoms with Gasteiger partial charge in [0.15, 0.2) is 0 Å². The maximum absolute atomic E-state index is 13.4. The number of benzene rings is 1. The topological polar surface area (TPSA) is 66.9 Å². The molecule has 19 heavy (non-hydrogen) atoms. The van der Waals surface area contributed by atoms with Crippen molar-refractivity contribution < 1.29 is 13.6 Å². The molecule has 2 N–H and O–H groups in total. The van der Waals surface area contributed by atoms with Gasteiger partial charge in [-0.25, -0.2) is 13.8 Å². The van der Waals surface area contributed by atoms with Crippen molar-refractivity contribution in [2.45, 2.75) is 0 Å². The Labute approximate surface area is 107 Å². The van der Waals surface area contributed by atoms with Crippen molar-refractivity contribution in [2.75, 3.05) is 17.7 Å². The molecular formula is C12H10F2N4O. The molecule has 0 radical (unpaired) electrons. The van der Waals surface area contributed by atoms with Gasteiger partial charge in [0.05, 0.1) is 18.1 Å². The number of halogens is 2. The van der Waals surface area contributed by atoms with Crippen LogP contribution < -0.4 is 10.6 Å². The monoisotopic (exact) mass is 264 g/mol. The Balaban J connectivity index is 2.20. The number of nitrogens with one attached hydrogen (secondary N) is 2. The van der Waals surface area contributed by atoms with Gasteiger partial charge in [0.2, 0.25) is 0 Å². The lowest BCUT2D eigenvalue weighted by molar-refractivity contribution is 0.102. The van der Waals surface area contributed by atoms with Crippen LogP contribution in [0.2, 0.25) is 0 Å². The SMILES string of the molecule is CNc1cncc(C(=O)Nc2ccc(F)cc2F)n1. The van der Waals surface area contributed by atoms with Crippen LogP contribution in [-0.4, -0.2) is 22.9 Å². The average Bonchev–Trinajstić information content (AvgIpc) is 2.42. The summed E-state index contributed by atoms with van der Waals surface area (Å²) in [6, 6.07) is 2.87. The first-order valence-electron chi connectivity index (χ1n) is 5.36. The Morgan fingerprint density at radius 3 is 2.74 bits per heavy atom. The standard InChI is InChI=1S/C12H10F2N4O/c1-15-11-6-16-5-10(17-11)12(19)18-9-3-2-7(13)4-8(9)14/h2-6H,1H3,(H,15,17)(H,18,19). The Hall–Kier alpha value is -2.57. The molecule has 0 saturated carbocycles. The smallest absolute Gasteiger partial charge is 0.276 e. The predicted molar refractivity (Wildman–Crippen MR) is 65.9 cm³/mol.